The summed E-state index contributed by atoms with van der Waals surface area (Å²) in [5, 5.41) is 12.1. The molecule has 0 spiro atoms. The number of fused-ring (bicyclic) bond motifs is 1. The van der Waals surface area contributed by atoms with Gasteiger partial charge in [-0.25, -0.2) is 4.98 Å². The molecule has 0 aliphatic carbocycles. The summed E-state index contributed by atoms with van der Waals surface area (Å²) in [6.45, 7) is 4.48. The number of carbonyl (C=O) groups excluding carboxylic acids is 2. The number of carbonyl (C=O) groups is 2. The Bertz CT molecular complexity index is 1490. The number of ketones is 1. The van der Waals surface area contributed by atoms with Crippen LogP contribution in [0.3, 0.4) is 0 Å². The summed E-state index contributed by atoms with van der Waals surface area (Å²) in [4.78, 5) is 32.8. The van der Waals surface area contributed by atoms with Crippen LogP contribution in [-0.2, 0) is 16.0 Å². The van der Waals surface area contributed by atoms with Crippen LogP contribution in [0, 0.1) is 0 Å². The largest absolute Gasteiger partial charge is 0.507 e. The second-order valence-corrected chi connectivity index (χ2v) is 9.78. The minimum Gasteiger partial charge on any atom is -0.507 e. The zero-order valence-corrected chi connectivity index (χ0v) is 21.3. The molecular weight excluding hydrogens is 496 g/mol. The van der Waals surface area contributed by atoms with Gasteiger partial charge in [-0.3, -0.25) is 14.5 Å². The number of aliphatic hydroxyl groups is 1. The maximum Gasteiger partial charge on any atom is 0.301 e. The summed E-state index contributed by atoms with van der Waals surface area (Å²) >= 11 is 7.36. The average molecular weight is 519 g/mol. The van der Waals surface area contributed by atoms with Crippen molar-refractivity contribution in [2.45, 2.75) is 26.3 Å². The zero-order chi connectivity index (χ0) is 25.4. The van der Waals surface area contributed by atoms with Crippen molar-refractivity contribution >= 4 is 55.7 Å². The maximum atomic E-state index is 13.4. The Labute approximate surface area is 217 Å². The van der Waals surface area contributed by atoms with E-state index in [1.165, 1.54) is 16.2 Å². The minimum atomic E-state index is -0.859. The number of amides is 1. The fourth-order valence-electron chi connectivity index (χ4n) is 4.30. The maximum absolute atomic E-state index is 13.4. The molecule has 0 bridgehead atoms. The molecule has 0 radical (unpaired) electrons. The third kappa shape index (κ3) is 4.25. The Balaban J connectivity index is 1.69. The van der Waals surface area contributed by atoms with E-state index in [9.17, 15) is 14.7 Å². The molecule has 8 heteroatoms. The van der Waals surface area contributed by atoms with Gasteiger partial charge in [0, 0.05) is 10.6 Å². The number of aliphatic hydroxyl groups excluding tert-OH is 1. The molecule has 1 aromatic heterocycles. The van der Waals surface area contributed by atoms with E-state index in [4.69, 9.17) is 16.3 Å². The number of Topliss-reactive ketones (excluding diaryl/α,β-unsaturated/α-hetero) is 1. The van der Waals surface area contributed by atoms with E-state index < -0.39 is 17.7 Å². The first-order valence-electron chi connectivity index (χ1n) is 11.6. The highest BCUT2D eigenvalue weighted by molar-refractivity contribution is 7.22. The number of hydrogen-bond donors (Lipinski definition) is 1. The number of nitrogens with zero attached hydrogens (tertiary/aromatic N) is 2. The molecule has 0 saturated carbocycles. The van der Waals surface area contributed by atoms with Gasteiger partial charge < -0.3 is 9.84 Å². The van der Waals surface area contributed by atoms with Crippen LogP contribution >= 0.6 is 22.9 Å². The molecule has 6 nitrogen and oxygen atoms in total. The predicted molar refractivity (Wildman–Crippen MR) is 143 cm³/mol. The number of ether oxygens (including phenoxy) is 1. The van der Waals surface area contributed by atoms with Gasteiger partial charge in [-0.2, -0.15) is 0 Å². The molecule has 1 unspecified atom stereocenters. The smallest absolute Gasteiger partial charge is 0.301 e. The fourth-order valence-corrected chi connectivity index (χ4v) is 5.48. The Morgan fingerprint density at radius 3 is 2.44 bits per heavy atom. The summed E-state index contributed by atoms with van der Waals surface area (Å²) < 4.78 is 6.49. The summed E-state index contributed by atoms with van der Waals surface area (Å²) in [5.74, 6) is -1.10. The van der Waals surface area contributed by atoms with Gasteiger partial charge in [0.2, 0.25) is 0 Å². The van der Waals surface area contributed by atoms with Gasteiger partial charge in [-0.05, 0) is 73.0 Å². The number of rotatable bonds is 6. The van der Waals surface area contributed by atoms with Crippen molar-refractivity contribution in [1.82, 2.24) is 4.98 Å². The molecule has 1 fully saturated rings. The first kappa shape index (κ1) is 24.0. The van der Waals surface area contributed by atoms with Gasteiger partial charge >= 0.3 is 5.91 Å². The number of aryl methyl sites for hydroxylation is 1. The van der Waals surface area contributed by atoms with Crippen molar-refractivity contribution < 1.29 is 19.4 Å². The van der Waals surface area contributed by atoms with Gasteiger partial charge in [0.25, 0.3) is 5.78 Å². The van der Waals surface area contributed by atoms with Gasteiger partial charge in [0.05, 0.1) is 28.4 Å². The molecule has 1 saturated heterocycles. The second-order valence-electron chi connectivity index (χ2n) is 8.33. The van der Waals surface area contributed by atoms with Crippen LogP contribution in [0.5, 0.6) is 5.75 Å². The van der Waals surface area contributed by atoms with E-state index in [1.54, 1.807) is 48.5 Å². The van der Waals surface area contributed by atoms with Crippen LogP contribution in [0.2, 0.25) is 5.02 Å². The lowest BCUT2D eigenvalue weighted by atomic mass is 9.95. The van der Waals surface area contributed by atoms with Gasteiger partial charge in [0.15, 0.2) is 5.13 Å². The quantitative estimate of drug-likeness (QED) is 0.178. The molecule has 1 atom stereocenters. The van der Waals surface area contributed by atoms with E-state index in [-0.39, 0.29) is 11.3 Å². The summed E-state index contributed by atoms with van der Waals surface area (Å²) in [7, 11) is 0. The van der Waals surface area contributed by atoms with Crippen LogP contribution in [-0.4, -0.2) is 28.4 Å². The van der Waals surface area contributed by atoms with Gasteiger partial charge in [-0.1, -0.05) is 48.1 Å². The van der Waals surface area contributed by atoms with Crippen LogP contribution in [0.1, 0.15) is 36.6 Å². The SMILES string of the molecule is CCOc1ccc(C2/C(=C(\O)c3ccc(Cl)cc3)C(=O)C(=O)N2c2nc3ccc(CC)cc3s2)cc1. The van der Waals surface area contributed by atoms with Crippen LogP contribution in [0.25, 0.3) is 16.0 Å². The van der Waals surface area contributed by atoms with Crippen molar-refractivity contribution in [2.24, 2.45) is 0 Å². The topological polar surface area (TPSA) is 79.7 Å². The lowest BCUT2D eigenvalue weighted by molar-refractivity contribution is -0.132. The highest BCUT2D eigenvalue weighted by Gasteiger charge is 2.48. The lowest BCUT2D eigenvalue weighted by Gasteiger charge is -2.23. The van der Waals surface area contributed by atoms with Crippen LogP contribution in [0.15, 0.2) is 72.3 Å². The normalized spacial score (nSPS) is 17.2. The number of hydrogen-bond acceptors (Lipinski definition) is 6. The summed E-state index contributed by atoms with van der Waals surface area (Å²) in [6.07, 6.45) is 0.876. The third-order valence-corrected chi connectivity index (χ3v) is 7.39. The van der Waals surface area contributed by atoms with E-state index >= 15 is 0 Å². The molecule has 1 aliphatic rings. The Hall–Kier alpha value is -3.68. The minimum absolute atomic E-state index is 0.0000133. The van der Waals surface area contributed by atoms with Crippen LogP contribution in [0.4, 0.5) is 5.13 Å². The first-order valence-corrected chi connectivity index (χ1v) is 12.8. The Morgan fingerprint density at radius 2 is 1.78 bits per heavy atom. The molecule has 3 aromatic carbocycles. The van der Waals surface area contributed by atoms with Gasteiger partial charge in [-0.15, -0.1) is 0 Å². The Morgan fingerprint density at radius 1 is 1.06 bits per heavy atom. The lowest BCUT2D eigenvalue weighted by Crippen LogP contribution is -2.29. The number of halogens is 1. The number of aromatic nitrogens is 1. The predicted octanol–water partition coefficient (Wildman–Crippen LogP) is 6.54. The fraction of sp³-hybridized carbons (Fsp3) is 0.179. The summed E-state index contributed by atoms with van der Waals surface area (Å²) in [6, 6.07) is 18.8. The van der Waals surface area contributed by atoms with E-state index in [1.807, 2.05) is 25.1 Å². The number of benzene rings is 3. The number of thiazole rings is 1. The third-order valence-electron chi connectivity index (χ3n) is 6.12. The highest BCUT2D eigenvalue weighted by Crippen LogP contribution is 2.44. The molecule has 5 rings (SSSR count). The first-order chi connectivity index (χ1) is 17.4. The molecule has 2 heterocycles. The van der Waals surface area contributed by atoms with Crippen LogP contribution < -0.4 is 9.64 Å². The molecule has 1 N–H and O–H groups in total. The molecular formula is C28H23ClN2O4S. The highest BCUT2D eigenvalue weighted by atomic mass is 35.5. The van der Waals surface area contributed by atoms with E-state index in [0.29, 0.717) is 33.6 Å². The molecule has 4 aromatic rings. The summed E-state index contributed by atoms with van der Waals surface area (Å²) in [5.41, 5.74) is 2.95. The Kier molecular flexibility index (Phi) is 6.51. The van der Waals surface area contributed by atoms with Crippen molar-refractivity contribution in [3.63, 3.8) is 0 Å². The molecule has 182 valence electrons. The molecule has 1 amide bonds. The monoisotopic (exact) mass is 518 g/mol. The van der Waals surface area contributed by atoms with E-state index in [0.717, 1.165) is 22.2 Å². The average Bonchev–Trinajstić information content (AvgIpc) is 3.42. The van der Waals surface area contributed by atoms with Crippen molar-refractivity contribution in [3.05, 3.63) is 94.0 Å². The molecule has 36 heavy (non-hydrogen) atoms. The standard InChI is InChI=1S/C28H23ClN2O4S/c1-3-16-5-14-21-22(15-16)36-28(30-21)31-24(17-8-12-20(13-9-17)35-4-2)23(26(33)27(31)34)25(32)18-6-10-19(29)11-7-18/h5-15,24,32H,3-4H2,1-2H3/b25-23+. The van der Waals surface area contributed by atoms with Crippen molar-refractivity contribution in [1.29, 1.82) is 0 Å². The number of anilines is 1. The van der Waals surface area contributed by atoms with E-state index in [2.05, 4.69) is 11.9 Å². The second kappa shape index (κ2) is 9.76. The molecule has 1 aliphatic heterocycles. The zero-order valence-electron chi connectivity index (χ0n) is 19.7. The van der Waals surface area contributed by atoms with Crippen molar-refractivity contribution in [3.8, 4) is 5.75 Å². The van der Waals surface area contributed by atoms with Gasteiger partial charge in [0.1, 0.15) is 11.5 Å². The van der Waals surface area contributed by atoms with Crippen molar-refractivity contribution in [2.75, 3.05) is 11.5 Å².